The molecular formula is C15H24Cl3FN2O. The summed E-state index contributed by atoms with van der Waals surface area (Å²) in [5, 5.41) is 13.7. The van der Waals surface area contributed by atoms with Crippen molar-refractivity contribution in [1.82, 2.24) is 10.2 Å². The van der Waals surface area contributed by atoms with Crippen molar-refractivity contribution < 1.29 is 9.50 Å². The van der Waals surface area contributed by atoms with Crippen molar-refractivity contribution in [3.05, 3.63) is 28.5 Å². The van der Waals surface area contributed by atoms with Crippen molar-refractivity contribution in [3.8, 4) is 5.75 Å². The van der Waals surface area contributed by atoms with Crippen molar-refractivity contribution in [1.29, 1.82) is 0 Å². The molecule has 0 radical (unpaired) electrons. The lowest BCUT2D eigenvalue weighted by Crippen LogP contribution is -2.45. The Bertz CT molecular complexity index is 468. The highest BCUT2D eigenvalue weighted by Gasteiger charge is 2.28. The smallest absolute Gasteiger partial charge is 0.141 e. The van der Waals surface area contributed by atoms with Crippen LogP contribution in [0.15, 0.2) is 12.1 Å². The molecule has 3 nitrogen and oxygen atoms in total. The topological polar surface area (TPSA) is 35.5 Å². The molecule has 1 aliphatic heterocycles. The van der Waals surface area contributed by atoms with Gasteiger partial charge in [0.2, 0.25) is 0 Å². The quantitative estimate of drug-likeness (QED) is 0.836. The van der Waals surface area contributed by atoms with E-state index < -0.39 is 0 Å². The molecule has 0 saturated carbocycles. The molecule has 0 unspecified atom stereocenters. The second-order valence-electron chi connectivity index (χ2n) is 5.72. The van der Waals surface area contributed by atoms with Gasteiger partial charge in [0, 0.05) is 37.8 Å². The largest absolute Gasteiger partial charge is 0.506 e. The highest BCUT2D eigenvalue weighted by Crippen LogP contribution is 2.39. The Morgan fingerprint density at radius 1 is 1.27 bits per heavy atom. The Hall–Kier alpha value is -0.260. The third-order valence-corrected chi connectivity index (χ3v) is 4.04. The molecule has 2 rings (SSSR count). The molecule has 1 saturated heterocycles. The second kappa shape index (κ2) is 9.78. The van der Waals surface area contributed by atoms with Crippen LogP contribution in [0.1, 0.15) is 31.9 Å². The number of phenols is 1. The van der Waals surface area contributed by atoms with E-state index >= 15 is 0 Å². The van der Waals surface area contributed by atoms with Crippen molar-refractivity contribution in [2.75, 3.05) is 26.2 Å². The van der Waals surface area contributed by atoms with E-state index in [2.05, 4.69) is 24.1 Å². The van der Waals surface area contributed by atoms with Crippen LogP contribution < -0.4 is 5.32 Å². The van der Waals surface area contributed by atoms with E-state index in [1.54, 1.807) is 0 Å². The SMILES string of the molecule is CC(C)C[C@@H](c1c(F)ccc(Cl)c1O)N1CCNCC1.Cl.Cl. The molecule has 1 heterocycles. The van der Waals surface area contributed by atoms with Crippen LogP contribution in [0, 0.1) is 11.7 Å². The summed E-state index contributed by atoms with van der Waals surface area (Å²) < 4.78 is 14.2. The van der Waals surface area contributed by atoms with E-state index in [9.17, 15) is 9.50 Å². The maximum atomic E-state index is 14.2. The van der Waals surface area contributed by atoms with Crippen molar-refractivity contribution in [2.45, 2.75) is 26.3 Å². The van der Waals surface area contributed by atoms with Crippen LogP contribution in [0.2, 0.25) is 5.02 Å². The van der Waals surface area contributed by atoms with E-state index in [4.69, 9.17) is 11.6 Å². The van der Waals surface area contributed by atoms with Crippen LogP contribution in [-0.2, 0) is 0 Å². The maximum absolute atomic E-state index is 14.2. The highest BCUT2D eigenvalue weighted by atomic mass is 35.5. The molecule has 0 spiro atoms. The predicted molar refractivity (Wildman–Crippen MR) is 94.2 cm³/mol. The van der Waals surface area contributed by atoms with E-state index in [1.165, 1.54) is 12.1 Å². The van der Waals surface area contributed by atoms with Crippen LogP contribution in [0.25, 0.3) is 0 Å². The third-order valence-electron chi connectivity index (χ3n) is 3.73. The van der Waals surface area contributed by atoms with Gasteiger partial charge in [-0.3, -0.25) is 4.90 Å². The van der Waals surface area contributed by atoms with E-state index in [0.29, 0.717) is 11.5 Å². The Kier molecular flexibility index (Phi) is 9.67. The highest BCUT2D eigenvalue weighted by molar-refractivity contribution is 6.32. The van der Waals surface area contributed by atoms with Gasteiger partial charge < -0.3 is 10.4 Å². The predicted octanol–water partition coefficient (Wildman–Crippen LogP) is 4.02. The van der Waals surface area contributed by atoms with E-state index in [1.807, 2.05) is 0 Å². The van der Waals surface area contributed by atoms with E-state index in [-0.39, 0.29) is 47.4 Å². The summed E-state index contributed by atoms with van der Waals surface area (Å²) in [5.41, 5.74) is 0.341. The first-order chi connectivity index (χ1) is 9.50. The zero-order chi connectivity index (χ0) is 14.7. The minimum atomic E-state index is -0.379. The first-order valence-electron chi connectivity index (χ1n) is 7.12. The van der Waals surface area contributed by atoms with Gasteiger partial charge in [-0.05, 0) is 24.5 Å². The van der Waals surface area contributed by atoms with Crippen LogP contribution in [-0.4, -0.2) is 36.2 Å². The van der Waals surface area contributed by atoms with Gasteiger partial charge in [-0.1, -0.05) is 25.4 Å². The molecule has 0 aliphatic carbocycles. The molecule has 128 valence electrons. The number of hydrogen-bond acceptors (Lipinski definition) is 3. The molecule has 1 fully saturated rings. The van der Waals surface area contributed by atoms with Crippen LogP contribution in [0.3, 0.4) is 0 Å². The summed E-state index contributed by atoms with van der Waals surface area (Å²) in [7, 11) is 0. The molecule has 0 aromatic heterocycles. The Balaban J connectivity index is 0.00000220. The number of benzene rings is 1. The van der Waals surface area contributed by atoms with E-state index in [0.717, 1.165) is 32.6 Å². The van der Waals surface area contributed by atoms with Gasteiger partial charge in [-0.2, -0.15) is 0 Å². The second-order valence-corrected chi connectivity index (χ2v) is 6.13. The standard InChI is InChI=1S/C15H22ClFN2O.2ClH/c1-10(2)9-13(19-7-5-18-6-8-19)14-12(17)4-3-11(16)15(14)20;;/h3-4,10,13,18,20H,5-9H2,1-2H3;2*1H/t13-;;/m0../s1. The lowest BCUT2D eigenvalue weighted by atomic mass is 9.94. The average molecular weight is 374 g/mol. The lowest BCUT2D eigenvalue weighted by molar-refractivity contribution is 0.148. The van der Waals surface area contributed by atoms with Crippen molar-refractivity contribution in [2.24, 2.45) is 5.92 Å². The normalized spacial score (nSPS) is 16.8. The number of hydrogen-bond donors (Lipinski definition) is 2. The van der Waals surface area contributed by atoms with Crippen LogP contribution in [0.5, 0.6) is 5.75 Å². The monoisotopic (exact) mass is 372 g/mol. The lowest BCUT2D eigenvalue weighted by Gasteiger charge is -2.36. The number of nitrogens with one attached hydrogen (secondary N) is 1. The molecule has 1 aromatic carbocycles. The number of phenolic OH excluding ortho intramolecular Hbond substituents is 1. The molecular weight excluding hydrogens is 350 g/mol. The van der Waals surface area contributed by atoms with Gasteiger partial charge in [0.25, 0.3) is 0 Å². The molecule has 1 aromatic rings. The summed E-state index contributed by atoms with van der Waals surface area (Å²) >= 11 is 5.96. The number of piperazine rings is 1. The first kappa shape index (κ1) is 21.7. The fourth-order valence-corrected chi connectivity index (χ4v) is 2.93. The van der Waals surface area contributed by atoms with Gasteiger partial charge >= 0.3 is 0 Å². The fourth-order valence-electron chi connectivity index (χ4n) is 2.76. The minimum absolute atomic E-state index is 0. The zero-order valence-electron chi connectivity index (χ0n) is 12.8. The summed E-state index contributed by atoms with van der Waals surface area (Å²) in [6.07, 6.45) is 0.796. The molecule has 7 heteroatoms. The molecule has 0 bridgehead atoms. The third kappa shape index (κ3) is 5.14. The van der Waals surface area contributed by atoms with Gasteiger partial charge in [-0.15, -0.1) is 24.8 Å². The van der Waals surface area contributed by atoms with Crippen LogP contribution >= 0.6 is 36.4 Å². The minimum Gasteiger partial charge on any atom is -0.506 e. The summed E-state index contributed by atoms with van der Waals surface area (Å²) in [6, 6.07) is 2.61. The molecule has 22 heavy (non-hydrogen) atoms. The molecule has 1 aliphatic rings. The Labute approximate surface area is 149 Å². The Morgan fingerprint density at radius 3 is 2.41 bits per heavy atom. The number of nitrogens with zero attached hydrogens (tertiary/aromatic N) is 1. The van der Waals surface area contributed by atoms with Gasteiger partial charge in [0.05, 0.1) is 5.02 Å². The van der Waals surface area contributed by atoms with Crippen molar-refractivity contribution in [3.63, 3.8) is 0 Å². The molecule has 2 N–H and O–H groups in total. The van der Waals surface area contributed by atoms with Crippen LogP contribution in [0.4, 0.5) is 4.39 Å². The number of halogens is 4. The fraction of sp³-hybridized carbons (Fsp3) is 0.600. The van der Waals surface area contributed by atoms with Gasteiger partial charge in [0.15, 0.2) is 0 Å². The molecule has 0 amide bonds. The number of aromatic hydroxyl groups is 1. The van der Waals surface area contributed by atoms with Gasteiger partial charge in [-0.25, -0.2) is 4.39 Å². The summed E-state index contributed by atoms with van der Waals surface area (Å²) in [4.78, 5) is 2.23. The van der Waals surface area contributed by atoms with Gasteiger partial charge in [0.1, 0.15) is 11.6 Å². The average Bonchev–Trinajstić information content (AvgIpc) is 2.43. The summed E-state index contributed by atoms with van der Waals surface area (Å²) in [5.74, 6) is -0.0837. The summed E-state index contributed by atoms with van der Waals surface area (Å²) in [6.45, 7) is 7.68. The zero-order valence-corrected chi connectivity index (χ0v) is 15.2. The Morgan fingerprint density at radius 2 is 1.86 bits per heavy atom. The van der Waals surface area contributed by atoms with Crippen molar-refractivity contribution >= 4 is 36.4 Å². The maximum Gasteiger partial charge on any atom is 0.141 e. The number of rotatable bonds is 4. The first-order valence-corrected chi connectivity index (χ1v) is 7.50. The molecule has 1 atom stereocenters.